The number of aliphatic hydroxyl groups excluding tert-OH is 2. The zero-order valence-electron chi connectivity index (χ0n) is 36.4. The summed E-state index contributed by atoms with van der Waals surface area (Å²) in [5.74, 6) is -2.44. The van der Waals surface area contributed by atoms with Gasteiger partial charge in [0.25, 0.3) is 0 Å². The number of hydrogen-bond donors (Lipinski definition) is 4. The fourth-order valence-corrected chi connectivity index (χ4v) is 9.63. The molecule has 5 rings (SSSR count). The highest BCUT2D eigenvalue weighted by atomic mass is 32.1. The largest absolute Gasteiger partial charge is 0.483 e. The molecule has 2 amide bonds. The first-order valence-corrected chi connectivity index (χ1v) is 21.6. The minimum atomic E-state index is -1.80. The van der Waals surface area contributed by atoms with Gasteiger partial charge in [-0.15, -0.1) is 11.3 Å². The number of cyclic esters (lactones) is 1. The third kappa shape index (κ3) is 10.4. The Balaban J connectivity index is 1.55. The minimum absolute atomic E-state index is 0.179. The smallest absolute Gasteiger partial charge is 0.324 e. The number of fused-ring (bicyclic) bond motifs is 1. The predicted octanol–water partition coefficient (Wildman–Crippen LogP) is 5.30. The molecule has 2 saturated heterocycles. The molecule has 14 atom stereocenters. The summed E-state index contributed by atoms with van der Waals surface area (Å²) in [5, 5.41) is 47.6. The van der Waals surface area contributed by atoms with Crippen molar-refractivity contribution in [3.8, 4) is 5.75 Å². The first kappa shape index (κ1) is 46.7. The Morgan fingerprint density at radius 3 is 2.39 bits per heavy atom. The van der Waals surface area contributed by atoms with Gasteiger partial charge >= 0.3 is 12.0 Å². The van der Waals surface area contributed by atoms with Gasteiger partial charge in [0.1, 0.15) is 23.6 Å². The standard InChI is InChI=1S/C44H66N4O10S/c1-12-35-44(8,54)38(50)29(6)46(9)23-25(2)22-43(7,53)39(27(4)36(49)28(5)40(51)57-35)58-41-37(56-31-18-19-32-34(21-31)59-24-45-32)33(20-26(3)55-41)48(11)42(52)47(10)30-16-14-13-15-17-30/h13-19,21,24-29,33,35-39,41,49-50,53-54H,12,20,22-23H2,1-11H3/t25-,26-,27+,28-,29-,33+,35-,36+,37-,38-,39-,41+,43-,44-/m1/s1. The number of thiazole rings is 1. The minimum Gasteiger partial charge on any atom is -0.483 e. The third-order valence-electron chi connectivity index (χ3n) is 12.6. The normalized spacial score (nSPS) is 36.9. The fourth-order valence-electron chi connectivity index (χ4n) is 8.93. The number of esters is 1. The van der Waals surface area contributed by atoms with Crippen molar-refractivity contribution in [1.82, 2.24) is 14.8 Å². The summed E-state index contributed by atoms with van der Waals surface area (Å²) >= 11 is 1.47. The van der Waals surface area contributed by atoms with Crippen LogP contribution in [0.15, 0.2) is 54.0 Å². The highest BCUT2D eigenvalue weighted by molar-refractivity contribution is 7.16. The zero-order valence-corrected chi connectivity index (χ0v) is 37.2. The fraction of sp³-hybridized carbons (Fsp3) is 0.659. The van der Waals surface area contributed by atoms with Gasteiger partial charge in [0, 0.05) is 38.3 Å². The Labute approximate surface area is 353 Å². The molecule has 2 aliphatic rings. The maximum atomic E-state index is 14.2. The second-order valence-corrected chi connectivity index (χ2v) is 18.4. The van der Waals surface area contributed by atoms with Crippen LogP contribution >= 0.6 is 11.3 Å². The number of urea groups is 1. The van der Waals surface area contributed by atoms with Crippen molar-refractivity contribution in [3.05, 3.63) is 54.0 Å². The number of carbonyl (C=O) groups is 2. The molecule has 2 aromatic carbocycles. The molecule has 0 saturated carbocycles. The van der Waals surface area contributed by atoms with Crippen LogP contribution in [0.2, 0.25) is 0 Å². The second-order valence-electron chi connectivity index (χ2n) is 17.5. The summed E-state index contributed by atoms with van der Waals surface area (Å²) in [4.78, 5) is 37.5. The van der Waals surface area contributed by atoms with E-state index in [1.807, 2.05) is 74.3 Å². The lowest BCUT2D eigenvalue weighted by molar-refractivity contribution is -0.293. The Morgan fingerprint density at radius 2 is 1.73 bits per heavy atom. The van der Waals surface area contributed by atoms with Gasteiger partial charge < -0.3 is 49.2 Å². The molecule has 328 valence electrons. The molecule has 2 fully saturated rings. The number of carbonyl (C=O) groups excluding carboxylic acids is 2. The van der Waals surface area contributed by atoms with Crippen molar-refractivity contribution >= 4 is 39.2 Å². The first-order chi connectivity index (χ1) is 27.7. The van der Waals surface area contributed by atoms with Crippen molar-refractivity contribution in [2.45, 2.75) is 141 Å². The van der Waals surface area contributed by atoms with Gasteiger partial charge in [-0.2, -0.15) is 0 Å². The highest BCUT2D eigenvalue weighted by Gasteiger charge is 2.51. The topological polar surface area (TPSA) is 175 Å². The Morgan fingerprint density at radius 1 is 1.05 bits per heavy atom. The van der Waals surface area contributed by atoms with Crippen LogP contribution in [0.25, 0.3) is 10.2 Å². The maximum absolute atomic E-state index is 14.2. The zero-order chi connectivity index (χ0) is 43.6. The van der Waals surface area contributed by atoms with E-state index in [0.717, 1.165) is 10.2 Å². The number of hydrogen-bond acceptors (Lipinski definition) is 13. The van der Waals surface area contributed by atoms with Crippen LogP contribution in [0, 0.1) is 17.8 Å². The number of aliphatic hydroxyl groups is 4. The lowest BCUT2D eigenvalue weighted by Gasteiger charge is -2.48. The number of ether oxygens (including phenoxy) is 4. The summed E-state index contributed by atoms with van der Waals surface area (Å²) in [6, 6.07) is 13.5. The van der Waals surface area contributed by atoms with Gasteiger partial charge in [0.05, 0.1) is 51.6 Å². The van der Waals surface area contributed by atoms with Crippen LogP contribution in [0.3, 0.4) is 0 Å². The molecule has 4 N–H and O–H groups in total. The average Bonchev–Trinajstić information content (AvgIpc) is 3.68. The van der Waals surface area contributed by atoms with E-state index in [2.05, 4.69) is 4.98 Å². The summed E-state index contributed by atoms with van der Waals surface area (Å²) in [7, 11) is 5.27. The SMILES string of the molecule is CC[C@H]1OC(=O)[C@H](C)[C@@H](O)[C@H](C)[C@@H](O[C@@H]2O[C@H](C)C[C@H](N(C)C(=O)N(C)c3ccccc3)[C@H]2Oc2ccc3ncsc3c2)[C@](C)(O)C[C@@H](C)CN(C)[C@H](C)[C@@H](O)[C@]1(C)O. The molecule has 0 radical (unpaired) electrons. The van der Waals surface area contributed by atoms with Crippen molar-refractivity contribution in [2.75, 3.05) is 32.6 Å². The monoisotopic (exact) mass is 842 g/mol. The molecule has 2 aliphatic heterocycles. The van der Waals surface area contributed by atoms with Gasteiger partial charge in [-0.3, -0.25) is 9.69 Å². The molecule has 14 nitrogen and oxygen atoms in total. The molecule has 0 spiro atoms. The molecule has 3 heterocycles. The van der Waals surface area contributed by atoms with Crippen molar-refractivity contribution < 1.29 is 49.0 Å². The first-order valence-electron chi connectivity index (χ1n) is 20.8. The molecule has 0 unspecified atom stereocenters. The Kier molecular flexibility index (Phi) is 15.1. The molecular weight excluding hydrogens is 777 g/mol. The number of amides is 2. The number of rotatable bonds is 7. The van der Waals surface area contributed by atoms with E-state index in [0.29, 0.717) is 24.4 Å². The van der Waals surface area contributed by atoms with Crippen molar-refractivity contribution in [2.24, 2.45) is 17.8 Å². The second kappa shape index (κ2) is 19.1. The van der Waals surface area contributed by atoms with E-state index in [-0.39, 0.29) is 24.8 Å². The van der Waals surface area contributed by atoms with Crippen LogP contribution in [-0.4, -0.2) is 141 Å². The summed E-state index contributed by atoms with van der Waals surface area (Å²) in [5.41, 5.74) is -0.135. The quantitative estimate of drug-likeness (QED) is 0.227. The number of benzene rings is 2. The summed E-state index contributed by atoms with van der Waals surface area (Å²) in [6.45, 7) is 14.2. The van der Waals surface area contributed by atoms with Crippen LogP contribution in [-0.2, 0) is 19.0 Å². The van der Waals surface area contributed by atoms with Gasteiger partial charge in [-0.25, -0.2) is 9.78 Å². The van der Waals surface area contributed by atoms with E-state index in [1.54, 1.807) is 57.1 Å². The van der Waals surface area contributed by atoms with Gasteiger partial charge in [0.15, 0.2) is 12.4 Å². The Bertz CT molecular complexity index is 1850. The highest BCUT2D eigenvalue weighted by Crippen LogP contribution is 2.38. The molecule has 0 bridgehead atoms. The van der Waals surface area contributed by atoms with Gasteiger partial charge in [-0.05, 0) is 97.2 Å². The Hall–Kier alpha value is -3.41. The third-order valence-corrected chi connectivity index (χ3v) is 13.4. The predicted molar refractivity (Wildman–Crippen MR) is 227 cm³/mol. The van der Waals surface area contributed by atoms with Gasteiger partial charge in [0.2, 0.25) is 0 Å². The lowest BCUT2D eigenvalue weighted by Crippen LogP contribution is -2.62. The molecule has 1 aromatic heterocycles. The van der Waals surface area contributed by atoms with Crippen molar-refractivity contribution in [3.63, 3.8) is 0 Å². The number of para-hydroxylation sites is 1. The van der Waals surface area contributed by atoms with Crippen LogP contribution in [0.1, 0.15) is 74.7 Å². The number of anilines is 1. The van der Waals surface area contributed by atoms with Crippen LogP contribution in [0.5, 0.6) is 5.75 Å². The van der Waals surface area contributed by atoms with E-state index in [1.165, 1.54) is 25.2 Å². The van der Waals surface area contributed by atoms with Gasteiger partial charge in [-0.1, -0.05) is 39.0 Å². The molecule has 15 heteroatoms. The molecule has 0 aliphatic carbocycles. The number of likely N-dealkylation sites (N-methyl/N-ethyl adjacent to an activating group) is 2. The van der Waals surface area contributed by atoms with E-state index < -0.39 is 84.0 Å². The lowest BCUT2D eigenvalue weighted by atomic mass is 9.78. The summed E-state index contributed by atoms with van der Waals surface area (Å²) < 4.78 is 27.1. The van der Waals surface area contributed by atoms with Crippen LogP contribution in [0.4, 0.5) is 10.5 Å². The van der Waals surface area contributed by atoms with E-state index >= 15 is 0 Å². The molecule has 3 aromatic rings. The van der Waals surface area contributed by atoms with E-state index in [9.17, 15) is 30.0 Å². The number of nitrogens with zero attached hydrogens (tertiary/aromatic N) is 4. The summed E-state index contributed by atoms with van der Waals surface area (Å²) in [6.07, 6.45) is -6.59. The van der Waals surface area contributed by atoms with E-state index in [4.69, 9.17) is 18.9 Å². The maximum Gasteiger partial charge on any atom is 0.324 e. The molecular formula is C44H66N4O10S. The average molecular weight is 843 g/mol. The molecule has 59 heavy (non-hydrogen) atoms. The van der Waals surface area contributed by atoms with Crippen LogP contribution < -0.4 is 9.64 Å². The van der Waals surface area contributed by atoms with Crippen molar-refractivity contribution in [1.29, 1.82) is 0 Å². The number of aromatic nitrogens is 1.